The van der Waals surface area contributed by atoms with Gasteiger partial charge in [0.2, 0.25) is 0 Å². The maximum Gasteiger partial charge on any atom is 0.276 e. The van der Waals surface area contributed by atoms with Crippen molar-refractivity contribution in [1.29, 1.82) is 5.26 Å². The summed E-state index contributed by atoms with van der Waals surface area (Å²) in [5, 5.41) is 21.0. The van der Waals surface area contributed by atoms with Crippen LogP contribution in [0, 0.1) is 18.3 Å². The molecule has 2 heterocycles. The zero-order valence-electron chi connectivity index (χ0n) is 7.40. The first-order valence-electron chi connectivity index (χ1n) is 3.98. The molecule has 0 unspecified atom stereocenters. The number of pyridine rings is 1. The Labute approximate surface area is 78.8 Å². The van der Waals surface area contributed by atoms with Crippen molar-refractivity contribution in [3.05, 3.63) is 33.7 Å². The van der Waals surface area contributed by atoms with Gasteiger partial charge in [0.25, 0.3) is 5.56 Å². The van der Waals surface area contributed by atoms with Gasteiger partial charge >= 0.3 is 0 Å². The molecule has 0 amide bonds. The minimum atomic E-state index is -0.346. The monoisotopic (exact) mass is 189 g/mol. The number of fused-ring (bicyclic) bond motifs is 1. The molecule has 5 heteroatoms. The van der Waals surface area contributed by atoms with Crippen LogP contribution in [0.5, 0.6) is 5.75 Å². The number of nitrogens with zero attached hydrogens (tertiary/aromatic N) is 2. The first-order valence-corrected chi connectivity index (χ1v) is 3.98. The third kappa shape index (κ3) is 0.850. The molecule has 0 aromatic carbocycles. The number of hydrogen-bond acceptors (Lipinski definition) is 3. The van der Waals surface area contributed by atoms with Crippen molar-refractivity contribution >= 4 is 5.52 Å². The van der Waals surface area contributed by atoms with E-state index in [0.717, 1.165) is 0 Å². The van der Waals surface area contributed by atoms with Gasteiger partial charge in [-0.15, -0.1) is 0 Å². The molecule has 0 aliphatic heterocycles. The standard InChI is InChI=1S/C9H7N3O2/c1-5-8(13)6(4-10)7-2-3-11-12(7)9(5)14/h2-3,11,13H,1H3. The lowest BCUT2D eigenvalue weighted by atomic mass is 10.1. The number of nitrogens with one attached hydrogen (secondary N) is 1. The third-order valence-electron chi connectivity index (χ3n) is 2.17. The van der Waals surface area contributed by atoms with Gasteiger partial charge in [0, 0.05) is 6.20 Å². The van der Waals surface area contributed by atoms with E-state index in [0.29, 0.717) is 5.52 Å². The second kappa shape index (κ2) is 2.64. The van der Waals surface area contributed by atoms with Gasteiger partial charge in [-0.25, -0.2) is 4.52 Å². The fraction of sp³-hybridized carbons (Fsp3) is 0.111. The molecule has 0 bridgehead atoms. The molecule has 14 heavy (non-hydrogen) atoms. The number of aromatic amines is 1. The highest BCUT2D eigenvalue weighted by atomic mass is 16.3. The quantitative estimate of drug-likeness (QED) is 0.633. The summed E-state index contributed by atoms with van der Waals surface area (Å²) in [6.45, 7) is 1.48. The predicted molar refractivity (Wildman–Crippen MR) is 49.1 cm³/mol. The van der Waals surface area contributed by atoms with Crippen LogP contribution in [-0.4, -0.2) is 14.7 Å². The molecule has 0 radical (unpaired) electrons. The molecule has 0 aliphatic rings. The van der Waals surface area contributed by atoms with E-state index < -0.39 is 0 Å². The number of aromatic hydroxyl groups is 1. The van der Waals surface area contributed by atoms with Crippen molar-refractivity contribution in [3.63, 3.8) is 0 Å². The van der Waals surface area contributed by atoms with E-state index in [1.165, 1.54) is 17.6 Å². The van der Waals surface area contributed by atoms with Crippen molar-refractivity contribution < 1.29 is 5.11 Å². The van der Waals surface area contributed by atoms with Crippen molar-refractivity contribution in [2.75, 3.05) is 0 Å². The summed E-state index contributed by atoms with van der Waals surface area (Å²) in [5.74, 6) is -0.239. The highest BCUT2D eigenvalue weighted by Gasteiger charge is 2.14. The summed E-state index contributed by atoms with van der Waals surface area (Å²) in [5.41, 5.74) is 0.326. The second-order valence-corrected chi connectivity index (χ2v) is 2.95. The van der Waals surface area contributed by atoms with Crippen molar-refractivity contribution in [2.24, 2.45) is 0 Å². The molecule has 0 aliphatic carbocycles. The first-order chi connectivity index (χ1) is 6.66. The SMILES string of the molecule is Cc1c(O)c(C#N)c2cc[nH]n2c1=O. The van der Waals surface area contributed by atoms with Crippen LogP contribution in [0.3, 0.4) is 0 Å². The molecule has 0 saturated heterocycles. The normalized spacial score (nSPS) is 10.3. The molecule has 0 fully saturated rings. The maximum atomic E-state index is 11.5. The van der Waals surface area contributed by atoms with Crippen molar-refractivity contribution in [3.8, 4) is 11.8 Å². The number of nitriles is 1. The number of rotatable bonds is 0. The van der Waals surface area contributed by atoms with Crippen molar-refractivity contribution in [2.45, 2.75) is 6.92 Å². The molecule has 0 spiro atoms. The van der Waals surface area contributed by atoms with Crippen LogP contribution < -0.4 is 5.56 Å². The minimum absolute atomic E-state index is 0.114. The summed E-state index contributed by atoms with van der Waals surface area (Å²) >= 11 is 0. The molecular formula is C9H7N3O2. The Hall–Kier alpha value is -2.22. The Balaban J connectivity index is 3.13. The summed E-state index contributed by atoms with van der Waals surface area (Å²) in [7, 11) is 0. The van der Waals surface area contributed by atoms with Gasteiger partial charge in [0.1, 0.15) is 17.4 Å². The maximum absolute atomic E-state index is 11.5. The molecule has 2 aromatic heterocycles. The van der Waals surface area contributed by atoms with Gasteiger partial charge in [0.15, 0.2) is 0 Å². The Kier molecular flexibility index (Phi) is 1.58. The summed E-state index contributed by atoms with van der Waals surface area (Å²) in [6, 6.07) is 3.43. The van der Waals surface area contributed by atoms with Crippen LogP contribution in [0.1, 0.15) is 11.1 Å². The smallest absolute Gasteiger partial charge is 0.276 e. The third-order valence-corrected chi connectivity index (χ3v) is 2.17. The molecule has 0 saturated carbocycles. The van der Waals surface area contributed by atoms with Crippen LogP contribution in [0.4, 0.5) is 0 Å². The minimum Gasteiger partial charge on any atom is -0.506 e. The van der Waals surface area contributed by atoms with Gasteiger partial charge in [-0.2, -0.15) is 5.26 Å². The molecule has 70 valence electrons. The van der Waals surface area contributed by atoms with Gasteiger partial charge in [-0.05, 0) is 13.0 Å². The van der Waals surface area contributed by atoms with Crippen molar-refractivity contribution in [1.82, 2.24) is 9.61 Å². The molecule has 2 aromatic rings. The lowest BCUT2D eigenvalue weighted by Crippen LogP contribution is -2.17. The van der Waals surface area contributed by atoms with Crippen LogP contribution in [-0.2, 0) is 0 Å². The summed E-state index contributed by atoms with van der Waals surface area (Å²) in [4.78, 5) is 11.5. The number of H-pyrrole nitrogens is 1. The Morgan fingerprint density at radius 1 is 1.64 bits per heavy atom. The van der Waals surface area contributed by atoms with Crippen LogP contribution >= 0.6 is 0 Å². The van der Waals surface area contributed by atoms with Crippen LogP contribution in [0.15, 0.2) is 17.1 Å². The first kappa shape index (κ1) is 8.38. The topological polar surface area (TPSA) is 81.3 Å². The summed E-state index contributed by atoms with van der Waals surface area (Å²) in [6.07, 6.45) is 1.54. The summed E-state index contributed by atoms with van der Waals surface area (Å²) < 4.78 is 1.23. The zero-order valence-corrected chi connectivity index (χ0v) is 7.40. The highest BCUT2D eigenvalue weighted by molar-refractivity contribution is 5.66. The van der Waals surface area contributed by atoms with E-state index in [4.69, 9.17) is 5.26 Å². The molecule has 5 nitrogen and oxygen atoms in total. The molecule has 2 rings (SSSR count). The average Bonchev–Trinajstić information content (AvgIpc) is 2.64. The molecule has 0 atom stereocenters. The van der Waals surface area contributed by atoms with Crippen LogP contribution in [0.25, 0.3) is 5.52 Å². The van der Waals surface area contributed by atoms with E-state index in [1.807, 2.05) is 6.07 Å². The number of aromatic nitrogens is 2. The van der Waals surface area contributed by atoms with Gasteiger partial charge in [-0.1, -0.05) is 0 Å². The Bertz CT molecular complexity index is 601. The van der Waals surface area contributed by atoms with E-state index in [9.17, 15) is 9.90 Å². The lowest BCUT2D eigenvalue weighted by Gasteiger charge is -2.02. The fourth-order valence-electron chi connectivity index (χ4n) is 1.39. The molecular weight excluding hydrogens is 182 g/mol. The van der Waals surface area contributed by atoms with E-state index >= 15 is 0 Å². The Morgan fingerprint density at radius 3 is 3.00 bits per heavy atom. The van der Waals surface area contributed by atoms with Gasteiger partial charge in [0.05, 0.1) is 11.1 Å². The zero-order chi connectivity index (χ0) is 10.3. The average molecular weight is 189 g/mol. The van der Waals surface area contributed by atoms with E-state index in [-0.39, 0.29) is 22.4 Å². The Morgan fingerprint density at radius 2 is 2.36 bits per heavy atom. The highest BCUT2D eigenvalue weighted by Crippen LogP contribution is 2.21. The van der Waals surface area contributed by atoms with Gasteiger partial charge in [-0.3, -0.25) is 9.89 Å². The molecule has 2 N–H and O–H groups in total. The van der Waals surface area contributed by atoms with E-state index in [2.05, 4.69) is 5.10 Å². The number of hydrogen-bond donors (Lipinski definition) is 2. The second-order valence-electron chi connectivity index (χ2n) is 2.95. The lowest BCUT2D eigenvalue weighted by molar-refractivity contribution is 0.467. The van der Waals surface area contributed by atoms with Gasteiger partial charge < -0.3 is 5.11 Å². The van der Waals surface area contributed by atoms with Crippen LogP contribution in [0.2, 0.25) is 0 Å². The predicted octanol–water partition coefficient (Wildman–Crippen LogP) is 0.513. The van der Waals surface area contributed by atoms with E-state index in [1.54, 1.807) is 6.07 Å². The fourth-order valence-corrected chi connectivity index (χ4v) is 1.39. The largest absolute Gasteiger partial charge is 0.506 e.